The van der Waals surface area contributed by atoms with E-state index >= 15 is 0 Å². The highest BCUT2D eigenvalue weighted by atomic mass is 35.5. The van der Waals surface area contributed by atoms with Crippen molar-refractivity contribution in [1.29, 1.82) is 0 Å². The predicted molar refractivity (Wildman–Crippen MR) is 76.4 cm³/mol. The van der Waals surface area contributed by atoms with Gasteiger partial charge in [-0.25, -0.2) is 9.59 Å². The third kappa shape index (κ3) is 5.36. The molecule has 0 bridgehead atoms. The smallest absolute Gasteiger partial charge is 0.412 e. The average Bonchev–Trinajstić information content (AvgIpc) is 2.44. The van der Waals surface area contributed by atoms with Gasteiger partial charge >= 0.3 is 12.2 Å². The monoisotopic (exact) mass is 300 g/mol. The van der Waals surface area contributed by atoms with E-state index in [2.05, 4.69) is 15.4 Å². The maximum absolute atomic E-state index is 11.6. The van der Waals surface area contributed by atoms with E-state index < -0.39 is 12.2 Å². The molecule has 0 fully saturated rings. The van der Waals surface area contributed by atoms with Gasteiger partial charge < -0.3 is 14.8 Å². The molecule has 0 aromatic heterocycles. The van der Waals surface area contributed by atoms with Crippen LogP contribution in [-0.4, -0.2) is 31.2 Å². The Morgan fingerprint density at radius 3 is 2.70 bits per heavy atom. The highest BCUT2D eigenvalue weighted by molar-refractivity contribution is 6.18. The summed E-state index contributed by atoms with van der Waals surface area (Å²) in [6, 6.07) is 6.27. The summed E-state index contributed by atoms with van der Waals surface area (Å²) in [6.07, 6.45) is -0.477. The van der Waals surface area contributed by atoms with E-state index in [1.165, 1.54) is 13.2 Å². The van der Waals surface area contributed by atoms with Crippen LogP contribution < -0.4 is 15.4 Å². The molecule has 0 aliphatic carbocycles. The Labute approximate surface area is 122 Å². The summed E-state index contributed by atoms with van der Waals surface area (Å²) in [6.45, 7) is 1.91. The van der Waals surface area contributed by atoms with Gasteiger partial charge in [-0.2, -0.15) is 0 Å². The van der Waals surface area contributed by atoms with Crippen LogP contribution in [0.1, 0.15) is 13.3 Å². The SMILES string of the molecule is CCC(CCl)NC(=O)Oc1cccc(NC(=O)OC)c1. The second kappa shape index (κ2) is 8.27. The van der Waals surface area contributed by atoms with E-state index in [0.29, 0.717) is 23.7 Å². The van der Waals surface area contributed by atoms with Gasteiger partial charge in [-0.1, -0.05) is 13.0 Å². The molecule has 0 spiro atoms. The van der Waals surface area contributed by atoms with Crippen molar-refractivity contribution in [2.45, 2.75) is 19.4 Å². The van der Waals surface area contributed by atoms with E-state index in [0.717, 1.165) is 0 Å². The number of anilines is 1. The van der Waals surface area contributed by atoms with Crippen LogP contribution >= 0.6 is 11.6 Å². The molecule has 0 saturated carbocycles. The quantitative estimate of drug-likeness (QED) is 0.820. The largest absolute Gasteiger partial charge is 0.453 e. The Morgan fingerprint density at radius 1 is 1.35 bits per heavy atom. The molecule has 0 heterocycles. The van der Waals surface area contributed by atoms with E-state index in [1.54, 1.807) is 18.2 Å². The molecular weight excluding hydrogens is 284 g/mol. The van der Waals surface area contributed by atoms with E-state index in [9.17, 15) is 9.59 Å². The van der Waals surface area contributed by atoms with Gasteiger partial charge in [0.05, 0.1) is 7.11 Å². The third-order valence-corrected chi connectivity index (χ3v) is 2.85. The number of methoxy groups -OCH3 is 1. The molecule has 7 heteroatoms. The molecule has 2 N–H and O–H groups in total. The van der Waals surface area contributed by atoms with Crippen LogP contribution in [0.25, 0.3) is 0 Å². The first-order chi connectivity index (χ1) is 9.58. The summed E-state index contributed by atoms with van der Waals surface area (Å²) >= 11 is 5.68. The number of amides is 2. The summed E-state index contributed by atoms with van der Waals surface area (Å²) in [5, 5.41) is 5.11. The first-order valence-electron chi connectivity index (χ1n) is 6.08. The molecule has 1 atom stereocenters. The molecular formula is C13H17ClN2O4. The minimum Gasteiger partial charge on any atom is -0.453 e. The number of carbonyl (C=O) groups is 2. The summed E-state index contributed by atoms with van der Waals surface area (Å²) in [5.74, 6) is 0.621. The van der Waals surface area contributed by atoms with Crippen molar-refractivity contribution < 1.29 is 19.1 Å². The fraction of sp³-hybridized carbons (Fsp3) is 0.385. The zero-order valence-electron chi connectivity index (χ0n) is 11.3. The van der Waals surface area contributed by atoms with Crippen LogP contribution in [0.3, 0.4) is 0 Å². The number of hydrogen-bond acceptors (Lipinski definition) is 4. The lowest BCUT2D eigenvalue weighted by atomic mass is 10.3. The van der Waals surface area contributed by atoms with E-state index in [1.807, 2.05) is 6.92 Å². The van der Waals surface area contributed by atoms with E-state index in [4.69, 9.17) is 16.3 Å². The second-order valence-corrected chi connectivity index (χ2v) is 4.25. The molecule has 1 unspecified atom stereocenters. The second-order valence-electron chi connectivity index (χ2n) is 3.94. The van der Waals surface area contributed by atoms with Crippen LogP contribution in [0.4, 0.5) is 15.3 Å². The topological polar surface area (TPSA) is 76.7 Å². The summed E-state index contributed by atoms with van der Waals surface area (Å²) in [7, 11) is 1.26. The van der Waals surface area contributed by atoms with Crippen molar-refractivity contribution in [3.63, 3.8) is 0 Å². The zero-order chi connectivity index (χ0) is 15.0. The lowest BCUT2D eigenvalue weighted by Crippen LogP contribution is -2.37. The lowest BCUT2D eigenvalue weighted by molar-refractivity contribution is 0.187. The molecule has 110 valence electrons. The van der Waals surface area contributed by atoms with Crippen LogP contribution in [0.15, 0.2) is 24.3 Å². The summed E-state index contributed by atoms with van der Waals surface area (Å²) < 4.78 is 9.58. The molecule has 1 rings (SSSR count). The normalized spacial score (nSPS) is 11.3. The highest BCUT2D eigenvalue weighted by Gasteiger charge is 2.11. The number of rotatable bonds is 5. The van der Waals surface area contributed by atoms with Gasteiger partial charge in [0.15, 0.2) is 0 Å². The van der Waals surface area contributed by atoms with Gasteiger partial charge in [-0.15, -0.1) is 11.6 Å². The number of halogens is 1. The average molecular weight is 301 g/mol. The van der Waals surface area contributed by atoms with Crippen molar-refractivity contribution in [2.24, 2.45) is 0 Å². The Hall–Kier alpha value is -1.95. The van der Waals surface area contributed by atoms with Crippen LogP contribution in [-0.2, 0) is 4.74 Å². The number of ether oxygens (including phenoxy) is 2. The Morgan fingerprint density at radius 2 is 2.10 bits per heavy atom. The highest BCUT2D eigenvalue weighted by Crippen LogP contribution is 2.17. The predicted octanol–water partition coefficient (Wildman–Crippen LogP) is 2.97. The number of alkyl halides is 1. The first-order valence-corrected chi connectivity index (χ1v) is 6.61. The Kier molecular flexibility index (Phi) is 6.66. The van der Waals surface area contributed by atoms with Gasteiger partial charge in [0.1, 0.15) is 5.75 Å². The van der Waals surface area contributed by atoms with Crippen LogP contribution in [0.5, 0.6) is 5.75 Å². The van der Waals surface area contributed by atoms with E-state index in [-0.39, 0.29) is 6.04 Å². The third-order valence-electron chi connectivity index (χ3n) is 2.48. The molecule has 0 saturated heterocycles. The van der Waals surface area contributed by atoms with Gasteiger partial charge in [0, 0.05) is 23.7 Å². The van der Waals surface area contributed by atoms with Gasteiger partial charge in [-0.05, 0) is 18.6 Å². The van der Waals surface area contributed by atoms with Gasteiger partial charge in [-0.3, -0.25) is 5.32 Å². The van der Waals surface area contributed by atoms with Crippen LogP contribution in [0, 0.1) is 0 Å². The zero-order valence-corrected chi connectivity index (χ0v) is 12.1. The Bertz CT molecular complexity index is 463. The minimum absolute atomic E-state index is 0.138. The molecule has 1 aromatic rings. The maximum atomic E-state index is 11.6. The molecule has 0 aliphatic rings. The standard InChI is InChI=1S/C13H17ClN2O4/c1-3-9(8-14)15-13(18)20-11-6-4-5-10(7-11)16-12(17)19-2/h4-7,9H,3,8H2,1-2H3,(H,15,18)(H,16,17). The molecule has 6 nitrogen and oxygen atoms in total. The summed E-state index contributed by atoms with van der Waals surface area (Å²) in [4.78, 5) is 22.7. The van der Waals surface area contributed by atoms with Crippen molar-refractivity contribution in [3.8, 4) is 5.75 Å². The fourth-order valence-corrected chi connectivity index (χ4v) is 1.65. The van der Waals surface area contributed by atoms with Crippen molar-refractivity contribution in [1.82, 2.24) is 5.32 Å². The molecule has 0 radical (unpaired) electrons. The number of hydrogen-bond donors (Lipinski definition) is 2. The number of benzene rings is 1. The molecule has 2 amide bonds. The first kappa shape index (κ1) is 16.1. The lowest BCUT2D eigenvalue weighted by Gasteiger charge is -2.13. The molecule has 1 aromatic carbocycles. The molecule has 20 heavy (non-hydrogen) atoms. The van der Waals surface area contributed by atoms with Crippen molar-refractivity contribution >= 4 is 29.5 Å². The van der Waals surface area contributed by atoms with Crippen molar-refractivity contribution in [3.05, 3.63) is 24.3 Å². The Balaban J connectivity index is 2.61. The summed E-state index contributed by atoms with van der Waals surface area (Å²) in [5.41, 5.74) is 0.464. The number of carbonyl (C=O) groups excluding carboxylic acids is 2. The van der Waals surface area contributed by atoms with Gasteiger partial charge in [0.25, 0.3) is 0 Å². The minimum atomic E-state index is -0.597. The fourth-order valence-electron chi connectivity index (χ4n) is 1.36. The van der Waals surface area contributed by atoms with Gasteiger partial charge in [0.2, 0.25) is 0 Å². The number of nitrogens with one attached hydrogen (secondary N) is 2. The van der Waals surface area contributed by atoms with Crippen molar-refractivity contribution in [2.75, 3.05) is 18.3 Å². The molecule has 0 aliphatic heterocycles. The van der Waals surface area contributed by atoms with Crippen LogP contribution in [0.2, 0.25) is 0 Å². The maximum Gasteiger partial charge on any atom is 0.412 e.